The second kappa shape index (κ2) is 5.01. The largest absolute Gasteiger partial charge is 0.493 e. The average molecular weight is 301 g/mol. The second-order valence-electron chi connectivity index (χ2n) is 4.32. The first kappa shape index (κ1) is 12.3. The highest BCUT2D eigenvalue weighted by atomic mass is 79.9. The van der Waals surface area contributed by atoms with E-state index in [1.807, 2.05) is 0 Å². The molecule has 0 amide bonds. The predicted molar refractivity (Wildman–Crippen MR) is 73.6 cm³/mol. The molecule has 1 aliphatic heterocycles. The van der Waals surface area contributed by atoms with Crippen LogP contribution < -0.4 is 4.74 Å². The number of fused-ring (bicyclic) bond motifs is 1. The van der Waals surface area contributed by atoms with Gasteiger partial charge in [-0.1, -0.05) is 13.8 Å². The highest BCUT2D eigenvalue weighted by Crippen LogP contribution is 2.45. The molecule has 0 bridgehead atoms. The van der Waals surface area contributed by atoms with Crippen molar-refractivity contribution in [2.75, 3.05) is 6.61 Å². The van der Waals surface area contributed by atoms with Gasteiger partial charge < -0.3 is 4.74 Å². The molecular weight excluding hydrogens is 284 g/mol. The number of rotatable bonds is 3. The molecule has 0 aliphatic carbocycles. The molecule has 0 N–H and O–H groups in total. The maximum Gasteiger partial charge on any atom is 0.123 e. The molecule has 0 saturated carbocycles. The van der Waals surface area contributed by atoms with Crippen LogP contribution in [0.2, 0.25) is 0 Å². The molecule has 0 unspecified atom stereocenters. The van der Waals surface area contributed by atoms with Crippen molar-refractivity contribution in [2.45, 2.75) is 43.4 Å². The summed E-state index contributed by atoms with van der Waals surface area (Å²) in [5.74, 6) is 1.08. The van der Waals surface area contributed by atoms with Crippen molar-refractivity contribution in [3.05, 3.63) is 23.8 Å². The third-order valence-electron chi connectivity index (χ3n) is 3.80. The Morgan fingerprint density at radius 1 is 1.38 bits per heavy atom. The Morgan fingerprint density at radius 2 is 2.12 bits per heavy atom. The molecule has 1 aromatic rings. The summed E-state index contributed by atoms with van der Waals surface area (Å²) in [6, 6.07) is 6.50. The maximum atomic E-state index is 5.76. The van der Waals surface area contributed by atoms with E-state index in [2.05, 4.69) is 46.9 Å². The van der Waals surface area contributed by atoms with Crippen LogP contribution >= 0.6 is 25.0 Å². The summed E-state index contributed by atoms with van der Waals surface area (Å²) in [5, 5.41) is 0. The zero-order chi connectivity index (χ0) is 11.6. The minimum absolute atomic E-state index is 0.326. The number of ether oxygens (including phenoxy) is 1. The van der Waals surface area contributed by atoms with E-state index in [4.69, 9.17) is 4.74 Å². The summed E-state index contributed by atoms with van der Waals surface area (Å²) in [4.78, 5) is 1.26. The summed E-state index contributed by atoms with van der Waals surface area (Å²) >= 11 is 3.44. The van der Waals surface area contributed by atoms with Crippen LogP contribution in [0.4, 0.5) is 0 Å². The maximum absolute atomic E-state index is 5.76. The van der Waals surface area contributed by atoms with Crippen LogP contribution in [0.1, 0.15) is 38.7 Å². The molecule has 1 aliphatic rings. The van der Waals surface area contributed by atoms with Crippen LogP contribution in [0, 0.1) is 0 Å². The Labute approximate surface area is 109 Å². The average Bonchev–Trinajstić information content (AvgIpc) is 2.37. The Morgan fingerprint density at radius 3 is 2.75 bits per heavy atom. The van der Waals surface area contributed by atoms with Crippen molar-refractivity contribution >= 4 is 25.0 Å². The zero-order valence-corrected chi connectivity index (χ0v) is 12.2. The fourth-order valence-corrected chi connectivity index (χ4v) is 3.46. The third kappa shape index (κ3) is 2.00. The molecule has 1 nitrogen and oxygen atoms in total. The van der Waals surface area contributed by atoms with E-state index < -0.39 is 0 Å². The highest BCUT2D eigenvalue weighted by Gasteiger charge is 2.34. The van der Waals surface area contributed by atoms with Crippen molar-refractivity contribution in [1.29, 1.82) is 0 Å². The molecular formula is C13H17BrOS. The van der Waals surface area contributed by atoms with E-state index in [0.717, 1.165) is 18.8 Å². The lowest BCUT2D eigenvalue weighted by molar-refractivity contribution is 0.204. The SMILES string of the molecule is CCC1(CC)CCOc2ccc(SBr)cc21. The van der Waals surface area contributed by atoms with E-state index >= 15 is 0 Å². The van der Waals surface area contributed by atoms with Gasteiger partial charge in [0.2, 0.25) is 0 Å². The van der Waals surface area contributed by atoms with Gasteiger partial charge >= 0.3 is 0 Å². The zero-order valence-electron chi connectivity index (χ0n) is 9.75. The molecule has 16 heavy (non-hydrogen) atoms. The minimum atomic E-state index is 0.326. The van der Waals surface area contributed by atoms with Crippen LogP contribution in [0.15, 0.2) is 23.1 Å². The molecule has 0 atom stereocenters. The van der Waals surface area contributed by atoms with Crippen molar-refractivity contribution in [2.24, 2.45) is 0 Å². The molecule has 0 radical (unpaired) electrons. The Bertz CT molecular complexity index is 374. The van der Waals surface area contributed by atoms with Crippen molar-refractivity contribution in [1.82, 2.24) is 0 Å². The molecule has 0 saturated heterocycles. The number of benzene rings is 1. The van der Waals surface area contributed by atoms with Crippen molar-refractivity contribution in [3.8, 4) is 5.75 Å². The fraction of sp³-hybridized carbons (Fsp3) is 0.538. The number of halogens is 1. The lowest BCUT2D eigenvalue weighted by atomic mass is 9.72. The summed E-state index contributed by atoms with van der Waals surface area (Å²) in [7, 11) is 1.62. The van der Waals surface area contributed by atoms with Crippen molar-refractivity contribution in [3.63, 3.8) is 0 Å². The highest BCUT2D eigenvalue weighted by molar-refractivity contribution is 9.50. The summed E-state index contributed by atoms with van der Waals surface area (Å²) in [6.07, 6.45) is 3.52. The van der Waals surface area contributed by atoms with Gasteiger partial charge in [-0.05, 0) is 62.5 Å². The van der Waals surface area contributed by atoms with Gasteiger partial charge in [0.1, 0.15) is 5.75 Å². The smallest absolute Gasteiger partial charge is 0.123 e. The lowest BCUT2D eigenvalue weighted by Gasteiger charge is -2.37. The monoisotopic (exact) mass is 300 g/mol. The van der Waals surface area contributed by atoms with Crippen LogP contribution in [-0.4, -0.2) is 6.61 Å². The van der Waals surface area contributed by atoms with Gasteiger partial charge in [-0.15, -0.1) is 0 Å². The first-order valence-corrected chi connectivity index (χ1v) is 8.47. The molecule has 0 spiro atoms. The van der Waals surface area contributed by atoms with Gasteiger partial charge in [-0.3, -0.25) is 0 Å². The van der Waals surface area contributed by atoms with Crippen LogP contribution in [0.25, 0.3) is 0 Å². The van der Waals surface area contributed by atoms with E-state index in [-0.39, 0.29) is 0 Å². The fourth-order valence-electron chi connectivity index (χ4n) is 2.57. The molecule has 0 fully saturated rings. The Hall–Kier alpha value is -0.150. The van der Waals surface area contributed by atoms with E-state index in [9.17, 15) is 0 Å². The normalized spacial score (nSPS) is 17.7. The molecule has 3 heteroatoms. The first-order valence-electron chi connectivity index (χ1n) is 5.81. The molecule has 1 heterocycles. The number of hydrogen-bond donors (Lipinski definition) is 0. The minimum Gasteiger partial charge on any atom is -0.493 e. The summed E-state index contributed by atoms with van der Waals surface area (Å²) in [6.45, 7) is 5.43. The third-order valence-corrected chi connectivity index (χ3v) is 5.36. The molecule has 88 valence electrons. The van der Waals surface area contributed by atoms with Gasteiger partial charge in [0, 0.05) is 15.9 Å². The number of hydrogen-bond acceptors (Lipinski definition) is 2. The van der Waals surface area contributed by atoms with Gasteiger partial charge in [0.25, 0.3) is 0 Å². The molecule has 1 aromatic carbocycles. The standard InChI is InChI=1S/C13H17BrOS/c1-3-13(4-2)7-8-15-12-6-5-10(16-14)9-11(12)13/h5-6,9H,3-4,7-8H2,1-2H3. The Balaban J connectivity index is 2.50. The van der Waals surface area contributed by atoms with E-state index in [1.165, 1.54) is 23.3 Å². The topological polar surface area (TPSA) is 9.23 Å². The molecule has 2 rings (SSSR count). The molecule has 0 aromatic heterocycles. The van der Waals surface area contributed by atoms with Crippen LogP contribution in [0.3, 0.4) is 0 Å². The van der Waals surface area contributed by atoms with Gasteiger partial charge in [-0.25, -0.2) is 0 Å². The quantitative estimate of drug-likeness (QED) is 0.783. The Kier molecular flexibility index (Phi) is 3.85. The van der Waals surface area contributed by atoms with E-state index in [0.29, 0.717) is 5.41 Å². The first-order chi connectivity index (χ1) is 7.75. The van der Waals surface area contributed by atoms with Gasteiger partial charge in [0.15, 0.2) is 0 Å². The predicted octanol–water partition coefficient (Wildman–Crippen LogP) is 4.93. The summed E-state index contributed by atoms with van der Waals surface area (Å²) < 4.78 is 5.76. The van der Waals surface area contributed by atoms with Crippen LogP contribution in [-0.2, 0) is 5.41 Å². The van der Waals surface area contributed by atoms with Gasteiger partial charge in [0.05, 0.1) is 6.61 Å². The van der Waals surface area contributed by atoms with Crippen molar-refractivity contribution < 1.29 is 4.74 Å². The van der Waals surface area contributed by atoms with E-state index in [1.54, 1.807) is 10.2 Å². The second-order valence-corrected chi connectivity index (χ2v) is 5.92. The van der Waals surface area contributed by atoms with Gasteiger partial charge in [-0.2, -0.15) is 0 Å². The summed E-state index contributed by atoms with van der Waals surface area (Å²) in [5.41, 5.74) is 1.72. The lowest BCUT2D eigenvalue weighted by Crippen LogP contribution is -2.31. The van der Waals surface area contributed by atoms with Crippen LogP contribution in [0.5, 0.6) is 5.75 Å².